The Kier molecular flexibility index (Phi) is 9.61. The number of esters is 1. The Labute approximate surface area is 216 Å². The summed E-state index contributed by atoms with van der Waals surface area (Å²) in [6.45, 7) is 1.79. The van der Waals surface area contributed by atoms with E-state index < -0.39 is 29.0 Å². The lowest BCUT2D eigenvalue weighted by molar-refractivity contribution is -0.138. The number of carboxylic acid groups (broad SMARTS) is 1. The first-order valence-corrected chi connectivity index (χ1v) is 11.9. The maximum absolute atomic E-state index is 12.4. The lowest BCUT2D eigenvalue weighted by Gasteiger charge is -2.13. The zero-order valence-electron chi connectivity index (χ0n) is 19.9. The van der Waals surface area contributed by atoms with E-state index in [0.717, 1.165) is 11.8 Å². The molecule has 3 N–H and O–H groups in total. The van der Waals surface area contributed by atoms with Crippen LogP contribution in [0, 0.1) is 0 Å². The second-order valence-corrected chi connectivity index (χ2v) is 8.55. The third-order valence-electron chi connectivity index (χ3n) is 4.72. The van der Waals surface area contributed by atoms with E-state index in [-0.39, 0.29) is 23.8 Å². The lowest BCUT2D eigenvalue weighted by atomic mass is 10.2. The highest BCUT2D eigenvalue weighted by atomic mass is 32.2. The average Bonchev–Trinajstić information content (AvgIpc) is 3.21. The molecule has 0 spiro atoms. The van der Waals surface area contributed by atoms with Gasteiger partial charge in [0, 0.05) is 0 Å². The molecule has 0 radical (unpaired) electrons. The zero-order valence-corrected chi connectivity index (χ0v) is 20.7. The van der Waals surface area contributed by atoms with Gasteiger partial charge in [0.2, 0.25) is 5.91 Å². The molecule has 0 aliphatic carbocycles. The van der Waals surface area contributed by atoms with Crippen LogP contribution >= 0.6 is 11.8 Å². The molecule has 3 rings (SSSR count). The molecule has 37 heavy (non-hydrogen) atoms. The number of methoxy groups -OCH3 is 1. The maximum Gasteiger partial charge on any atom is 0.339 e. The molecule has 1 fully saturated rings. The third kappa shape index (κ3) is 7.80. The van der Waals surface area contributed by atoms with Gasteiger partial charge in [-0.25, -0.2) is 4.79 Å². The van der Waals surface area contributed by atoms with Gasteiger partial charge in [-0.15, -0.1) is 5.10 Å². The van der Waals surface area contributed by atoms with Crippen molar-refractivity contribution in [2.75, 3.05) is 25.6 Å². The number of rotatable bonds is 11. The minimum Gasteiger partial charge on any atom is -0.490 e. The zero-order chi connectivity index (χ0) is 26.8. The van der Waals surface area contributed by atoms with E-state index in [4.69, 9.17) is 19.3 Å². The average molecular weight is 529 g/mol. The van der Waals surface area contributed by atoms with Gasteiger partial charge in [0.1, 0.15) is 5.25 Å². The van der Waals surface area contributed by atoms with Crippen LogP contribution in [0.2, 0.25) is 0 Å². The first-order valence-electron chi connectivity index (χ1n) is 11.0. The number of ether oxygens (including phenoxy) is 3. The summed E-state index contributed by atoms with van der Waals surface area (Å²) in [6, 6.07) is 11.4. The Morgan fingerprint density at radius 1 is 1.16 bits per heavy atom. The molecule has 2 aromatic rings. The molecule has 194 valence electrons. The highest BCUT2D eigenvalue weighted by molar-refractivity contribution is 8.15. The van der Waals surface area contributed by atoms with Crippen LogP contribution in [0.25, 0.3) is 0 Å². The van der Waals surface area contributed by atoms with Gasteiger partial charge in [-0.05, 0) is 42.8 Å². The van der Waals surface area contributed by atoms with Gasteiger partial charge in [-0.2, -0.15) is 5.10 Å². The van der Waals surface area contributed by atoms with Gasteiger partial charge in [-0.1, -0.05) is 23.9 Å². The molecular weight excluding hydrogens is 504 g/mol. The van der Waals surface area contributed by atoms with Crippen LogP contribution in [0.1, 0.15) is 29.3 Å². The third-order valence-corrected chi connectivity index (χ3v) is 5.80. The monoisotopic (exact) mass is 528 g/mol. The number of amidine groups is 1. The molecule has 12 nitrogen and oxygen atoms in total. The van der Waals surface area contributed by atoms with Crippen LogP contribution in [-0.2, 0) is 19.1 Å². The van der Waals surface area contributed by atoms with E-state index in [1.807, 2.05) is 0 Å². The van der Waals surface area contributed by atoms with Crippen molar-refractivity contribution in [3.05, 3.63) is 53.6 Å². The van der Waals surface area contributed by atoms with Crippen molar-refractivity contribution >= 4 is 52.6 Å². The minimum absolute atomic E-state index is 0.206. The van der Waals surface area contributed by atoms with E-state index in [9.17, 15) is 19.2 Å². The summed E-state index contributed by atoms with van der Waals surface area (Å²) in [6.07, 6.45) is 1.11. The number of hydrogen-bond acceptors (Lipinski definition) is 10. The summed E-state index contributed by atoms with van der Waals surface area (Å²) in [5.41, 5.74) is 1.12. The number of benzene rings is 2. The molecule has 2 aromatic carbocycles. The van der Waals surface area contributed by atoms with Crippen molar-refractivity contribution in [3.63, 3.8) is 0 Å². The van der Waals surface area contributed by atoms with Gasteiger partial charge in [0.25, 0.3) is 5.91 Å². The second-order valence-electron chi connectivity index (χ2n) is 7.36. The first kappa shape index (κ1) is 27.2. The first-order chi connectivity index (χ1) is 17.8. The molecule has 1 saturated heterocycles. The van der Waals surface area contributed by atoms with Crippen molar-refractivity contribution in [3.8, 4) is 11.5 Å². The van der Waals surface area contributed by atoms with Crippen molar-refractivity contribution in [1.82, 2.24) is 5.32 Å². The molecule has 0 bridgehead atoms. The van der Waals surface area contributed by atoms with Gasteiger partial charge < -0.3 is 30.0 Å². The Hall–Kier alpha value is -4.39. The van der Waals surface area contributed by atoms with Crippen LogP contribution in [0.15, 0.2) is 52.7 Å². The summed E-state index contributed by atoms with van der Waals surface area (Å²) in [5.74, 6) is -1.89. The number of aliphatic carboxylic acids is 1. The summed E-state index contributed by atoms with van der Waals surface area (Å²) in [5, 5.41) is 21.3. The van der Waals surface area contributed by atoms with Crippen LogP contribution in [0.3, 0.4) is 0 Å². The van der Waals surface area contributed by atoms with Gasteiger partial charge in [0.05, 0.1) is 37.6 Å². The SMILES string of the molecule is CCOc1cc(C=NN=C2NC(=O)C(CC(=O)O)S2)ccc1OCC(=O)Nc1ccccc1C(=O)OC. The number of hydrogen-bond donors (Lipinski definition) is 3. The van der Waals surface area contributed by atoms with Crippen LogP contribution in [0.5, 0.6) is 11.5 Å². The number of anilines is 1. The molecule has 1 atom stereocenters. The largest absolute Gasteiger partial charge is 0.490 e. The summed E-state index contributed by atoms with van der Waals surface area (Å²) in [7, 11) is 1.25. The van der Waals surface area contributed by atoms with E-state index in [1.54, 1.807) is 43.3 Å². The summed E-state index contributed by atoms with van der Waals surface area (Å²) < 4.78 is 16.0. The normalized spacial score (nSPS) is 15.9. The van der Waals surface area contributed by atoms with Crippen LogP contribution in [0.4, 0.5) is 5.69 Å². The summed E-state index contributed by atoms with van der Waals surface area (Å²) >= 11 is 0.996. The number of thioether (sulfide) groups is 1. The fourth-order valence-corrected chi connectivity index (χ4v) is 4.01. The highest BCUT2D eigenvalue weighted by Gasteiger charge is 2.32. The van der Waals surface area contributed by atoms with Crippen LogP contribution < -0.4 is 20.1 Å². The highest BCUT2D eigenvalue weighted by Crippen LogP contribution is 2.28. The fourth-order valence-electron chi connectivity index (χ4n) is 3.10. The number of carbonyl (C=O) groups is 4. The molecule has 0 aromatic heterocycles. The number of nitrogens with zero attached hydrogens (tertiary/aromatic N) is 2. The van der Waals surface area contributed by atoms with E-state index in [2.05, 4.69) is 20.8 Å². The Bertz CT molecular complexity index is 1250. The smallest absolute Gasteiger partial charge is 0.339 e. The molecule has 1 unspecified atom stereocenters. The topological polar surface area (TPSA) is 165 Å². The summed E-state index contributed by atoms with van der Waals surface area (Å²) in [4.78, 5) is 46.9. The molecular formula is C24H24N4O8S. The molecule has 13 heteroatoms. The number of carboxylic acids is 1. The standard InChI is InChI=1S/C24H24N4O8S/c1-3-35-18-10-14(12-25-28-24-27-22(32)19(37-24)11-21(30)31)8-9-17(18)36-13-20(29)26-16-7-5-4-6-15(16)23(33)34-2/h4-10,12,19H,3,11,13H2,1-2H3,(H,26,29)(H,30,31)(H,27,28,32). The second kappa shape index (κ2) is 13.1. The molecule has 1 heterocycles. The number of amides is 2. The Morgan fingerprint density at radius 3 is 2.68 bits per heavy atom. The molecule has 0 saturated carbocycles. The Balaban J connectivity index is 1.63. The Morgan fingerprint density at radius 2 is 1.95 bits per heavy atom. The quantitative estimate of drug-likeness (QED) is 0.225. The molecule has 2 amide bonds. The van der Waals surface area contributed by atoms with Crippen molar-refractivity contribution in [1.29, 1.82) is 0 Å². The van der Waals surface area contributed by atoms with E-state index in [0.29, 0.717) is 29.4 Å². The van der Waals surface area contributed by atoms with Gasteiger partial charge in [-0.3, -0.25) is 14.4 Å². The predicted molar refractivity (Wildman–Crippen MR) is 136 cm³/mol. The van der Waals surface area contributed by atoms with E-state index in [1.165, 1.54) is 19.4 Å². The number of nitrogens with one attached hydrogen (secondary N) is 2. The number of carbonyl (C=O) groups excluding carboxylic acids is 3. The lowest BCUT2D eigenvalue weighted by Crippen LogP contribution is -2.26. The van der Waals surface area contributed by atoms with Crippen molar-refractivity contribution < 1.29 is 38.5 Å². The van der Waals surface area contributed by atoms with Crippen molar-refractivity contribution in [2.45, 2.75) is 18.6 Å². The number of para-hydroxylation sites is 1. The van der Waals surface area contributed by atoms with Gasteiger partial charge >= 0.3 is 11.9 Å². The molecule has 1 aliphatic rings. The molecule has 1 aliphatic heterocycles. The fraction of sp³-hybridized carbons (Fsp3) is 0.250. The predicted octanol–water partition coefficient (Wildman–Crippen LogP) is 2.29. The van der Waals surface area contributed by atoms with E-state index >= 15 is 0 Å². The van der Waals surface area contributed by atoms with Crippen molar-refractivity contribution in [2.24, 2.45) is 10.2 Å². The maximum atomic E-state index is 12.4. The minimum atomic E-state index is -1.08. The van der Waals surface area contributed by atoms with Crippen LogP contribution in [-0.4, -0.2) is 65.8 Å². The van der Waals surface area contributed by atoms with Gasteiger partial charge in [0.15, 0.2) is 23.3 Å².